The van der Waals surface area contributed by atoms with Gasteiger partial charge in [-0.15, -0.1) is 11.3 Å². The van der Waals surface area contributed by atoms with Crippen molar-refractivity contribution in [3.63, 3.8) is 0 Å². The Morgan fingerprint density at radius 2 is 2.00 bits per heavy atom. The summed E-state index contributed by atoms with van der Waals surface area (Å²) in [6, 6.07) is 14.8. The van der Waals surface area contributed by atoms with Crippen LogP contribution in [0.4, 0.5) is 5.69 Å². The minimum Gasteiger partial charge on any atom is -0.478 e. The highest BCUT2D eigenvalue weighted by Crippen LogP contribution is 2.24. The van der Waals surface area contributed by atoms with Crippen molar-refractivity contribution in [2.24, 2.45) is 4.99 Å². The Balaban J connectivity index is 2.04. The summed E-state index contributed by atoms with van der Waals surface area (Å²) >= 11 is 5.08. The van der Waals surface area contributed by atoms with Gasteiger partial charge in [0, 0.05) is 22.0 Å². The molecule has 122 valence electrons. The van der Waals surface area contributed by atoms with E-state index in [0.29, 0.717) is 0 Å². The average Bonchev–Trinajstić information content (AvgIpc) is 2.98. The minimum atomic E-state index is -0.932. The number of thiazole rings is 1. The second-order valence-electron chi connectivity index (χ2n) is 5.12. The van der Waals surface area contributed by atoms with E-state index in [1.807, 2.05) is 12.1 Å². The fraction of sp³-hybridized carbons (Fsp3) is 0.111. The van der Waals surface area contributed by atoms with Crippen LogP contribution >= 0.6 is 27.3 Å². The maximum absolute atomic E-state index is 10.9. The maximum atomic E-state index is 10.9. The molecule has 0 bridgehead atoms. The first-order chi connectivity index (χ1) is 11.6. The Morgan fingerprint density at radius 1 is 1.25 bits per heavy atom. The number of rotatable bonds is 4. The van der Waals surface area contributed by atoms with Crippen LogP contribution in [0.2, 0.25) is 0 Å². The van der Waals surface area contributed by atoms with Gasteiger partial charge >= 0.3 is 5.97 Å². The van der Waals surface area contributed by atoms with Gasteiger partial charge in [0.05, 0.1) is 16.9 Å². The first kappa shape index (κ1) is 16.7. The number of nitrogens with zero attached hydrogens (tertiary/aromatic N) is 2. The first-order valence-electron chi connectivity index (χ1n) is 7.41. The fourth-order valence-electron chi connectivity index (χ4n) is 2.39. The van der Waals surface area contributed by atoms with Gasteiger partial charge in [-0.3, -0.25) is 0 Å². The van der Waals surface area contributed by atoms with E-state index in [4.69, 9.17) is 5.11 Å². The Morgan fingerprint density at radius 3 is 2.62 bits per heavy atom. The molecule has 1 heterocycles. The van der Waals surface area contributed by atoms with Gasteiger partial charge in [0.1, 0.15) is 0 Å². The molecule has 0 unspecified atom stereocenters. The first-order valence-corrected chi connectivity index (χ1v) is 9.08. The summed E-state index contributed by atoms with van der Waals surface area (Å²) < 4.78 is 3.19. The Hall–Kier alpha value is -2.18. The predicted octanol–water partition coefficient (Wildman–Crippen LogP) is 4.93. The minimum absolute atomic E-state index is 0.262. The van der Waals surface area contributed by atoms with Gasteiger partial charge in [-0.05, 0) is 43.3 Å². The number of hydrogen-bond donors (Lipinski definition) is 1. The molecule has 6 heteroatoms. The number of carboxylic acids is 1. The molecule has 0 spiro atoms. The summed E-state index contributed by atoms with van der Waals surface area (Å²) in [5.41, 5.74) is 3.25. The third-order valence-corrected chi connectivity index (χ3v) is 4.93. The van der Waals surface area contributed by atoms with E-state index >= 15 is 0 Å². The van der Waals surface area contributed by atoms with Crippen molar-refractivity contribution in [1.82, 2.24) is 4.57 Å². The summed E-state index contributed by atoms with van der Waals surface area (Å²) in [4.78, 5) is 16.5. The van der Waals surface area contributed by atoms with Crippen LogP contribution in [0.1, 0.15) is 17.3 Å². The van der Waals surface area contributed by atoms with Crippen LogP contribution in [0.5, 0.6) is 0 Å². The zero-order chi connectivity index (χ0) is 17.1. The third kappa shape index (κ3) is 3.49. The number of benzene rings is 2. The maximum Gasteiger partial charge on any atom is 0.335 e. The molecule has 0 radical (unpaired) electrons. The lowest BCUT2D eigenvalue weighted by Crippen LogP contribution is -2.14. The number of carbonyl (C=O) groups is 1. The van der Waals surface area contributed by atoms with Crippen molar-refractivity contribution in [2.75, 3.05) is 0 Å². The summed E-state index contributed by atoms with van der Waals surface area (Å²) in [6.45, 7) is 2.89. The van der Waals surface area contributed by atoms with Gasteiger partial charge in [-0.2, -0.15) is 0 Å². The Kier molecular flexibility index (Phi) is 4.97. The monoisotopic (exact) mass is 402 g/mol. The van der Waals surface area contributed by atoms with Gasteiger partial charge in [0.2, 0.25) is 0 Å². The zero-order valence-electron chi connectivity index (χ0n) is 12.9. The molecule has 0 saturated carbocycles. The van der Waals surface area contributed by atoms with Crippen molar-refractivity contribution in [1.29, 1.82) is 0 Å². The molecule has 3 rings (SSSR count). The largest absolute Gasteiger partial charge is 0.478 e. The van der Waals surface area contributed by atoms with E-state index in [1.54, 1.807) is 35.6 Å². The van der Waals surface area contributed by atoms with Gasteiger partial charge in [-0.1, -0.05) is 28.1 Å². The van der Waals surface area contributed by atoms with Gasteiger partial charge in [0.25, 0.3) is 0 Å². The molecule has 0 saturated heterocycles. The molecular weight excluding hydrogens is 388 g/mol. The van der Waals surface area contributed by atoms with E-state index in [0.717, 1.165) is 32.8 Å². The molecule has 0 fully saturated rings. The Labute approximate surface area is 151 Å². The van der Waals surface area contributed by atoms with Crippen molar-refractivity contribution in [3.05, 3.63) is 68.7 Å². The van der Waals surface area contributed by atoms with Gasteiger partial charge < -0.3 is 9.67 Å². The molecule has 3 aromatic rings. The topological polar surface area (TPSA) is 54.6 Å². The third-order valence-electron chi connectivity index (χ3n) is 3.57. The molecule has 1 aromatic heterocycles. The molecule has 0 aliphatic carbocycles. The van der Waals surface area contributed by atoms with Crippen LogP contribution in [0.15, 0.2) is 63.4 Å². The lowest BCUT2D eigenvalue weighted by atomic mass is 10.2. The highest BCUT2D eigenvalue weighted by molar-refractivity contribution is 9.10. The van der Waals surface area contributed by atoms with Crippen molar-refractivity contribution < 1.29 is 9.90 Å². The average molecular weight is 403 g/mol. The van der Waals surface area contributed by atoms with Crippen molar-refractivity contribution in [3.8, 4) is 11.3 Å². The van der Waals surface area contributed by atoms with Crippen LogP contribution in [0.3, 0.4) is 0 Å². The molecule has 4 nitrogen and oxygen atoms in total. The summed E-state index contributed by atoms with van der Waals surface area (Å²) in [5.74, 6) is -0.932. The second-order valence-corrected chi connectivity index (χ2v) is 6.87. The molecular formula is C18H15BrN2O2S. The van der Waals surface area contributed by atoms with E-state index < -0.39 is 5.97 Å². The Bertz CT molecular complexity index is 942. The van der Waals surface area contributed by atoms with Crippen LogP contribution < -0.4 is 4.80 Å². The van der Waals surface area contributed by atoms with E-state index in [1.165, 1.54) is 0 Å². The SMILES string of the molecule is CCn1c(-c2cccc(Br)c2)csc1=Nc1ccc(C(=O)O)cc1. The molecule has 24 heavy (non-hydrogen) atoms. The van der Waals surface area contributed by atoms with Crippen LogP contribution in [-0.4, -0.2) is 15.6 Å². The normalized spacial score (nSPS) is 11.7. The van der Waals surface area contributed by atoms with Gasteiger partial charge in [0.15, 0.2) is 4.80 Å². The lowest BCUT2D eigenvalue weighted by molar-refractivity contribution is 0.0697. The molecule has 0 amide bonds. The molecule has 0 aliphatic rings. The van der Waals surface area contributed by atoms with Crippen LogP contribution in [-0.2, 0) is 6.54 Å². The second kappa shape index (κ2) is 7.15. The highest BCUT2D eigenvalue weighted by atomic mass is 79.9. The molecule has 1 N–H and O–H groups in total. The number of carboxylic acid groups (broad SMARTS) is 1. The number of halogens is 1. The van der Waals surface area contributed by atoms with E-state index in [-0.39, 0.29) is 5.56 Å². The van der Waals surface area contributed by atoms with Crippen LogP contribution in [0.25, 0.3) is 11.3 Å². The quantitative estimate of drug-likeness (QED) is 0.672. The summed E-state index contributed by atoms with van der Waals surface area (Å²) in [5, 5.41) is 11.1. The number of hydrogen-bond acceptors (Lipinski definition) is 3. The summed E-state index contributed by atoms with van der Waals surface area (Å²) in [6.07, 6.45) is 0. The van der Waals surface area contributed by atoms with Crippen molar-refractivity contribution in [2.45, 2.75) is 13.5 Å². The number of aromatic carboxylic acids is 1. The predicted molar refractivity (Wildman–Crippen MR) is 99.7 cm³/mol. The summed E-state index contributed by atoms with van der Waals surface area (Å²) in [7, 11) is 0. The zero-order valence-corrected chi connectivity index (χ0v) is 15.3. The standard InChI is InChI=1S/C18H15BrN2O2S/c1-2-21-16(13-4-3-5-14(19)10-13)11-24-18(21)20-15-8-6-12(7-9-15)17(22)23/h3-11H,2H2,1H3,(H,22,23). The fourth-order valence-corrected chi connectivity index (χ4v) is 3.78. The van der Waals surface area contributed by atoms with Crippen LogP contribution in [0, 0.1) is 0 Å². The molecule has 0 aliphatic heterocycles. The molecule has 2 aromatic carbocycles. The molecule has 0 atom stereocenters. The highest BCUT2D eigenvalue weighted by Gasteiger charge is 2.07. The number of aromatic nitrogens is 1. The van der Waals surface area contributed by atoms with E-state index in [2.05, 4.69) is 49.9 Å². The van der Waals surface area contributed by atoms with E-state index in [9.17, 15) is 4.79 Å². The smallest absolute Gasteiger partial charge is 0.335 e. The van der Waals surface area contributed by atoms with Crippen molar-refractivity contribution >= 4 is 38.9 Å². The lowest BCUT2D eigenvalue weighted by Gasteiger charge is -2.06. The van der Waals surface area contributed by atoms with Gasteiger partial charge in [-0.25, -0.2) is 9.79 Å².